The Bertz CT molecular complexity index is 136. The number of hydrogen-bond donors (Lipinski definition) is 1. The van der Waals surface area contributed by atoms with Gasteiger partial charge in [-0.2, -0.15) is 0 Å². The Hall–Kier alpha value is -0.880. The SMILES string of the molecule is C#CC1(CN)N=N1. The van der Waals surface area contributed by atoms with Crippen LogP contribution in [0.25, 0.3) is 0 Å². The Morgan fingerprint density at radius 3 is 2.29 bits per heavy atom. The average molecular weight is 95.1 g/mol. The van der Waals surface area contributed by atoms with Crippen LogP contribution in [0, 0.1) is 12.3 Å². The molecule has 0 radical (unpaired) electrons. The summed E-state index contributed by atoms with van der Waals surface area (Å²) in [5.41, 5.74) is 4.54. The van der Waals surface area contributed by atoms with Gasteiger partial charge >= 0.3 is 0 Å². The molecule has 0 saturated heterocycles. The molecule has 3 nitrogen and oxygen atoms in total. The molecule has 0 fully saturated rings. The van der Waals surface area contributed by atoms with Gasteiger partial charge in [-0.05, 0) is 5.92 Å². The molecule has 3 heteroatoms. The number of hydrogen-bond acceptors (Lipinski definition) is 3. The molecule has 0 aromatic carbocycles. The second-order valence-electron chi connectivity index (χ2n) is 1.37. The van der Waals surface area contributed by atoms with Gasteiger partial charge in [0.25, 0.3) is 5.66 Å². The standard InChI is InChI=1S/C4H5N3/c1-2-4(3-5)6-7-4/h1H,3,5H2. The van der Waals surface area contributed by atoms with Crippen LogP contribution in [0.1, 0.15) is 0 Å². The van der Waals surface area contributed by atoms with E-state index in [2.05, 4.69) is 16.1 Å². The van der Waals surface area contributed by atoms with Crippen molar-refractivity contribution >= 4 is 0 Å². The van der Waals surface area contributed by atoms with E-state index in [0.29, 0.717) is 6.54 Å². The molecule has 1 aliphatic heterocycles. The van der Waals surface area contributed by atoms with E-state index in [-0.39, 0.29) is 0 Å². The minimum Gasteiger partial charge on any atom is -0.326 e. The summed E-state index contributed by atoms with van der Waals surface area (Å²) in [5, 5.41) is 7.07. The third-order valence-electron chi connectivity index (χ3n) is 0.857. The van der Waals surface area contributed by atoms with Gasteiger partial charge in [-0.25, -0.2) is 0 Å². The lowest BCUT2D eigenvalue weighted by atomic mass is 10.3. The van der Waals surface area contributed by atoms with Crippen LogP contribution in [0.2, 0.25) is 0 Å². The first-order valence-corrected chi connectivity index (χ1v) is 1.95. The zero-order valence-electron chi connectivity index (χ0n) is 3.76. The lowest BCUT2D eigenvalue weighted by Crippen LogP contribution is -2.20. The predicted molar refractivity (Wildman–Crippen MR) is 25.5 cm³/mol. The first kappa shape index (κ1) is 4.28. The summed E-state index contributed by atoms with van der Waals surface area (Å²) in [7, 11) is 0. The van der Waals surface area contributed by atoms with E-state index in [1.807, 2.05) is 0 Å². The van der Waals surface area contributed by atoms with E-state index in [1.165, 1.54) is 0 Å². The highest BCUT2D eigenvalue weighted by Crippen LogP contribution is 2.24. The third-order valence-corrected chi connectivity index (χ3v) is 0.857. The van der Waals surface area contributed by atoms with Crippen molar-refractivity contribution in [1.29, 1.82) is 0 Å². The molecule has 7 heavy (non-hydrogen) atoms. The van der Waals surface area contributed by atoms with Gasteiger partial charge in [-0.1, -0.05) is 0 Å². The summed E-state index contributed by atoms with van der Waals surface area (Å²) in [6, 6.07) is 0. The Balaban J connectivity index is 2.50. The minimum atomic E-state index is -0.611. The summed E-state index contributed by atoms with van der Waals surface area (Å²) in [6.45, 7) is 0.337. The third kappa shape index (κ3) is 0.487. The highest BCUT2D eigenvalue weighted by molar-refractivity contribution is 5.17. The molecule has 2 N–H and O–H groups in total. The highest BCUT2D eigenvalue weighted by atomic mass is 15.4. The van der Waals surface area contributed by atoms with Crippen LogP contribution in [0.4, 0.5) is 0 Å². The second-order valence-corrected chi connectivity index (χ2v) is 1.37. The van der Waals surface area contributed by atoms with Crippen molar-refractivity contribution in [1.82, 2.24) is 0 Å². The van der Waals surface area contributed by atoms with Crippen LogP contribution in [0.5, 0.6) is 0 Å². The maximum Gasteiger partial charge on any atom is 0.262 e. The van der Waals surface area contributed by atoms with Crippen molar-refractivity contribution < 1.29 is 0 Å². The van der Waals surface area contributed by atoms with Crippen molar-refractivity contribution in [2.45, 2.75) is 5.66 Å². The summed E-state index contributed by atoms with van der Waals surface area (Å²) in [4.78, 5) is 0. The molecule has 36 valence electrons. The zero-order valence-corrected chi connectivity index (χ0v) is 3.76. The number of terminal acetylenes is 1. The molecule has 0 unspecified atom stereocenters. The van der Waals surface area contributed by atoms with Gasteiger partial charge in [0.15, 0.2) is 0 Å². The molecule has 0 bridgehead atoms. The zero-order chi connectivity index (χ0) is 5.33. The fraction of sp³-hybridized carbons (Fsp3) is 0.500. The van der Waals surface area contributed by atoms with Crippen LogP contribution >= 0.6 is 0 Å². The lowest BCUT2D eigenvalue weighted by Gasteiger charge is -1.90. The molecule has 0 aliphatic carbocycles. The number of nitrogens with zero attached hydrogens (tertiary/aromatic N) is 2. The van der Waals surface area contributed by atoms with E-state index in [4.69, 9.17) is 12.2 Å². The van der Waals surface area contributed by atoms with E-state index in [1.54, 1.807) is 0 Å². The highest BCUT2D eigenvalue weighted by Gasteiger charge is 2.35. The smallest absolute Gasteiger partial charge is 0.262 e. The molecule has 0 amide bonds. The molecule has 1 heterocycles. The number of rotatable bonds is 1. The van der Waals surface area contributed by atoms with Gasteiger partial charge < -0.3 is 5.73 Å². The van der Waals surface area contributed by atoms with Crippen LogP contribution in [-0.4, -0.2) is 12.2 Å². The van der Waals surface area contributed by atoms with E-state index in [0.717, 1.165) is 0 Å². The van der Waals surface area contributed by atoms with Crippen molar-refractivity contribution in [2.24, 2.45) is 16.0 Å². The molecule has 0 spiro atoms. The summed E-state index contributed by atoms with van der Waals surface area (Å²) < 4.78 is 0. The Kier molecular flexibility index (Phi) is 0.639. The summed E-state index contributed by atoms with van der Waals surface area (Å²) in [5.74, 6) is 2.34. The van der Waals surface area contributed by atoms with Gasteiger partial charge in [0, 0.05) is 0 Å². The normalized spacial score (nSPS) is 21.1. The fourth-order valence-corrected chi connectivity index (χ4v) is 0.259. The van der Waals surface area contributed by atoms with Crippen LogP contribution in [0.15, 0.2) is 10.2 Å². The van der Waals surface area contributed by atoms with Crippen molar-refractivity contribution in [3.63, 3.8) is 0 Å². The monoisotopic (exact) mass is 95.0 g/mol. The molecule has 0 atom stereocenters. The molecular formula is C4H5N3. The second kappa shape index (κ2) is 1.04. The van der Waals surface area contributed by atoms with Crippen LogP contribution < -0.4 is 5.73 Å². The van der Waals surface area contributed by atoms with Gasteiger partial charge in [0.1, 0.15) is 0 Å². The fourth-order valence-electron chi connectivity index (χ4n) is 0.259. The van der Waals surface area contributed by atoms with Crippen molar-refractivity contribution in [2.75, 3.05) is 6.54 Å². The first-order chi connectivity index (χ1) is 3.33. The van der Waals surface area contributed by atoms with Crippen molar-refractivity contribution in [3.05, 3.63) is 0 Å². The topological polar surface area (TPSA) is 50.7 Å². The quantitative estimate of drug-likeness (QED) is 0.448. The first-order valence-electron chi connectivity index (χ1n) is 1.95. The molecule has 0 aromatic rings. The van der Waals surface area contributed by atoms with Crippen LogP contribution in [0.3, 0.4) is 0 Å². The van der Waals surface area contributed by atoms with E-state index >= 15 is 0 Å². The van der Waals surface area contributed by atoms with Gasteiger partial charge in [-0.15, -0.1) is 16.7 Å². The Labute approximate surface area is 41.6 Å². The number of nitrogens with two attached hydrogens (primary N) is 1. The lowest BCUT2D eigenvalue weighted by molar-refractivity contribution is 0.780. The van der Waals surface area contributed by atoms with Gasteiger partial charge in [0.2, 0.25) is 0 Å². The molecule has 0 aromatic heterocycles. The maximum absolute atomic E-state index is 5.15. The predicted octanol–water partition coefficient (Wildman–Crippen LogP) is -0.260. The summed E-state index contributed by atoms with van der Waals surface area (Å²) in [6.07, 6.45) is 4.96. The van der Waals surface area contributed by atoms with Gasteiger partial charge in [-0.3, -0.25) is 0 Å². The van der Waals surface area contributed by atoms with Crippen LogP contribution in [-0.2, 0) is 0 Å². The molecule has 1 rings (SSSR count). The van der Waals surface area contributed by atoms with E-state index in [9.17, 15) is 0 Å². The summed E-state index contributed by atoms with van der Waals surface area (Å²) >= 11 is 0. The molecular weight excluding hydrogens is 90.1 g/mol. The Morgan fingerprint density at radius 1 is 1.71 bits per heavy atom. The molecule has 1 aliphatic rings. The van der Waals surface area contributed by atoms with Crippen molar-refractivity contribution in [3.8, 4) is 12.3 Å². The maximum atomic E-state index is 5.15. The minimum absolute atomic E-state index is 0.337. The average Bonchev–Trinajstić information content (AvgIpc) is 2.46. The Morgan fingerprint density at radius 2 is 2.29 bits per heavy atom. The van der Waals surface area contributed by atoms with E-state index < -0.39 is 5.66 Å². The van der Waals surface area contributed by atoms with Gasteiger partial charge in [0.05, 0.1) is 6.54 Å². The molecule has 0 saturated carbocycles. The largest absolute Gasteiger partial charge is 0.326 e.